The molecule has 33 nitrogen and oxygen atoms in total. The van der Waals surface area contributed by atoms with E-state index in [0.717, 1.165) is 0 Å². The van der Waals surface area contributed by atoms with E-state index in [1.807, 2.05) is 0 Å². The van der Waals surface area contributed by atoms with Crippen molar-refractivity contribution in [2.24, 2.45) is 0 Å². The summed E-state index contributed by atoms with van der Waals surface area (Å²) in [6.45, 7) is 0. The molecule has 41 heteroatoms. The monoisotopic (exact) mass is 991 g/mol. The van der Waals surface area contributed by atoms with Gasteiger partial charge in [0.15, 0.2) is 0 Å². The molecule has 0 fully saturated rings. The Kier molecular flexibility index (Phi) is 16400. The minimum Gasteiger partial charge on any atom is -0.726 e. The largest absolute Gasteiger partial charge is 1.00 e. The first-order valence-corrected chi connectivity index (χ1v) is 5.64. The molecule has 0 aromatic heterocycles. The molecular weight excluding hydrogens is 886 g/mol. The Balaban J connectivity index is -0.000000000366. The van der Waals surface area contributed by atoms with Gasteiger partial charge in [0.2, 0.25) is 10.4 Å². The molecule has 0 unspecified atom stereocenters. The summed E-state index contributed by atoms with van der Waals surface area (Å²) < 4.78 is 64.4. The maximum Gasteiger partial charge on any atom is 1.00 e. The van der Waals surface area contributed by atoms with E-state index in [1.165, 1.54) is 0 Å². The molecule has 0 aromatic carbocycles. The van der Waals surface area contributed by atoms with Crippen LogP contribution in [0.1, 0.15) is 80.0 Å². The minimum absolute atomic E-state index is 0. The van der Waals surface area contributed by atoms with Crippen LogP contribution in [0.5, 0.6) is 0 Å². The molecule has 0 aliphatic carbocycles. The Hall–Kier alpha value is 1.88. The van der Waals surface area contributed by atoms with Gasteiger partial charge in [-0.2, -0.15) is 35.4 Å². The molecule has 0 heterocycles. The standard InChI is InChI=1S/10CH4.2Na.2H2O4S.25H2O.S2.2H2S.4H2/c;;;;;;;;;;;;2*1-5(2,3)4;;;;;;;;;;;;;;;;;;;;;;;;;;1-2;;;;;;/h10*1H4;;;2*(H2,1,2,3,4);25*1H2;;2*1H2;4*1H/q;;;;;;;;;;;+1;;;;;;;;;;;;;;;;;;;;;;;;;;;;;;;;;;/p-1. The Morgan fingerprint density at radius 3 is 0.333 bits per heavy atom. The zero-order valence-corrected chi connectivity index (χ0v) is 29.8. The average Bonchev–Trinajstić information content (AvgIpc) is 1.59. The van der Waals surface area contributed by atoms with E-state index in [2.05, 4.69) is 22.4 Å². The van der Waals surface area contributed by atoms with Gasteiger partial charge >= 0.3 is 40.0 Å². The van der Waals surface area contributed by atoms with Crippen LogP contribution >= 0.6 is 27.0 Å². The van der Waals surface area contributed by atoms with Crippen molar-refractivity contribution >= 4 is 99.7 Å². The Morgan fingerprint density at radius 1 is 0.333 bits per heavy atom. The van der Waals surface area contributed by atoms with E-state index < -0.39 is 20.8 Å². The van der Waals surface area contributed by atoms with Crippen LogP contribution in [0, 0.1) is 0 Å². The van der Waals surface area contributed by atoms with E-state index >= 15 is 0 Å². The molecule has 1 radical (unpaired) electrons. The van der Waals surface area contributed by atoms with Gasteiger partial charge in [0.05, 0.1) is 0 Å². The van der Waals surface area contributed by atoms with Gasteiger partial charge in [-0.05, 0) is 0 Å². The second-order valence-corrected chi connectivity index (χ2v) is 2.63. The summed E-state index contributed by atoms with van der Waals surface area (Å²) in [4.78, 5) is 0. The third kappa shape index (κ3) is 36500. The van der Waals surface area contributed by atoms with E-state index in [9.17, 15) is 0 Å². The van der Waals surface area contributed by atoms with Gasteiger partial charge in [0.1, 0.15) is 0 Å². The van der Waals surface area contributed by atoms with E-state index in [0.29, 0.717) is 0 Å². The number of hydrogen-bond donors (Lipinski definition) is 3. The molecule has 0 atom stereocenters. The fourth-order valence-corrected chi connectivity index (χ4v) is 0. The van der Waals surface area contributed by atoms with Gasteiger partial charge in [-0.1, -0.05) is 74.3 Å². The fourth-order valence-electron chi connectivity index (χ4n) is 0. The molecule has 0 saturated heterocycles. The molecule has 0 aromatic rings. The van der Waals surface area contributed by atoms with Crippen molar-refractivity contribution in [1.29, 1.82) is 0 Å². The molecule has 0 aliphatic heterocycles. The van der Waals surface area contributed by atoms with Gasteiger partial charge < -0.3 is 141 Å². The Labute approximate surface area is 378 Å². The maximum absolute atomic E-state index is 8.74. The molecule has 381 valence electrons. The van der Waals surface area contributed by atoms with Crippen LogP contribution in [0.3, 0.4) is 0 Å². The summed E-state index contributed by atoms with van der Waals surface area (Å²) in [6, 6.07) is 0. The van der Waals surface area contributed by atoms with Gasteiger partial charge in [-0.15, -0.1) is 0 Å². The van der Waals surface area contributed by atoms with Crippen molar-refractivity contribution < 1.29 is 207 Å². The number of hydrogen-bond acceptors (Lipinski definition) is 7. The summed E-state index contributed by atoms with van der Waals surface area (Å²) >= 11 is 7.33. The molecule has 53 N–H and O–H groups in total. The van der Waals surface area contributed by atoms with Gasteiger partial charge in [0.25, 0.3) is 0 Å². The van der Waals surface area contributed by atoms with E-state index in [4.69, 9.17) is 35.0 Å². The molecule has 0 bridgehead atoms. The van der Waals surface area contributed by atoms with Gasteiger partial charge in [0, 0.05) is 57.6 Å². The van der Waals surface area contributed by atoms with Crippen molar-refractivity contribution in [1.82, 2.24) is 0 Å². The predicted molar refractivity (Wildman–Crippen MR) is 234 cm³/mol. The molecule has 0 spiro atoms. The van der Waals surface area contributed by atoms with Crippen LogP contribution in [0.15, 0.2) is 0 Å². The van der Waals surface area contributed by atoms with Crippen LogP contribution < -0.4 is 29.6 Å². The molecule has 51 heavy (non-hydrogen) atoms. The molecule has 0 saturated carbocycles. The van der Waals surface area contributed by atoms with E-state index in [-0.39, 0.29) is 303 Å². The topological polar surface area (TPSA) is 940 Å². The quantitative estimate of drug-likeness (QED) is 0.117. The van der Waals surface area contributed by atoms with Crippen LogP contribution in [0.2, 0.25) is 0 Å². The molecule has 0 rings (SSSR count). The minimum atomic E-state index is -4.92. The summed E-state index contributed by atoms with van der Waals surface area (Å²) in [5.74, 6) is 0. The molecule has 0 amide bonds. The summed E-state index contributed by atoms with van der Waals surface area (Å²) in [5.41, 5.74) is 0. The Bertz CT molecular complexity index is 302. The van der Waals surface area contributed by atoms with Crippen molar-refractivity contribution in [2.75, 3.05) is 0 Å². The first-order valence-electron chi connectivity index (χ1n) is 1.55. The van der Waals surface area contributed by atoms with Crippen molar-refractivity contribution in [3.05, 3.63) is 0 Å². The zero-order valence-electron chi connectivity index (χ0n) is 20.5. The van der Waals surface area contributed by atoms with Gasteiger partial charge in [-0.3, -0.25) is 13.7 Å². The summed E-state index contributed by atoms with van der Waals surface area (Å²) in [7, 11) is -9.58. The van der Waals surface area contributed by atoms with Crippen molar-refractivity contribution in [3.8, 4) is 0 Å². The molecule has 0 aliphatic rings. The van der Waals surface area contributed by atoms with E-state index in [1.54, 1.807) is 0 Å². The Morgan fingerprint density at radius 2 is 0.333 bits per heavy atom. The van der Waals surface area contributed by atoms with Crippen LogP contribution in [-0.4, -0.2) is 202 Å². The van der Waals surface area contributed by atoms with Gasteiger partial charge in [-0.25, -0.2) is 8.42 Å². The van der Waals surface area contributed by atoms with Crippen LogP contribution in [-0.2, 0) is 43.2 Å². The summed E-state index contributed by atoms with van der Waals surface area (Å²) in [5, 5.41) is 0. The zero-order chi connectivity index (χ0) is 11.0. The molecular formula is C10H105Na2O33S6. The predicted octanol–water partition coefficient (Wildman–Crippen LogP) is -18.1. The normalized spacial score (nSPS) is 2.35. The fraction of sp³-hybridized carbons (Fsp3) is 1.00. The number of rotatable bonds is 0. The SMILES string of the molecule is C.C.C.C.C.C.C.C.C.C.O.O.O.O.O.O.O.O.O.O.O.O.O.O.O.O.O.O.O.O.O.O.O.O.O.O=S(=O)(O)O.O=S(=O)([O-])O.S.S.S=S.[HH].[HH].[HH].[HH].[Na+].[Na]. The first kappa shape index (κ1) is 1200. The second-order valence-electron chi connectivity index (χ2n) is 0.876. The van der Waals surface area contributed by atoms with Crippen molar-refractivity contribution in [2.45, 2.75) is 74.3 Å². The third-order valence-corrected chi connectivity index (χ3v) is 0. The average molecular weight is 992 g/mol. The van der Waals surface area contributed by atoms with Crippen LogP contribution in [0.4, 0.5) is 0 Å². The summed E-state index contributed by atoms with van der Waals surface area (Å²) in [6.07, 6.45) is 0. The first-order chi connectivity index (χ1) is 5.00. The van der Waals surface area contributed by atoms with Crippen LogP contribution in [0.25, 0.3) is 0 Å². The second kappa shape index (κ2) is 697. The third-order valence-electron chi connectivity index (χ3n) is 0. The maximum atomic E-state index is 8.74. The van der Waals surface area contributed by atoms with Crippen molar-refractivity contribution in [3.63, 3.8) is 0 Å². The smallest absolute Gasteiger partial charge is 0.726 e.